The maximum absolute atomic E-state index is 12.4. The Bertz CT molecular complexity index is 550. The molecule has 4 atom stereocenters. The first-order chi connectivity index (χ1) is 11.8. The van der Waals surface area contributed by atoms with E-state index in [-0.39, 0.29) is 54.7 Å². The molecule has 2 unspecified atom stereocenters. The lowest BCUT2D eigenvalue weighted by Crippen LogP contribution is -2.45. The van der Waals surface area contributed by atoms with Crippen LogP contribution in [0.25, 0.3) is 0 Å². The molecule has 1 N–H and O–H groups in total. The molecule has 1 saturated heterocycles. The fraction of sp³-hybridized carbons (Fsp3) is 0.789. The Labute approximate surface area is 149 Å². The molecule has 1 heterocycles. The van der Waals surface area contributed by atoms with Crippen LogP contribution in [0.4, 0.5) is 0 Å². The quantitative estimate of drug-likeness (QED) is 0.585. The summed E-state index contributed by atoms with van der Waals surface area (Å²) in [4.78, 5) is 38.0. The Morgan fingerprint density at radius 2 is 1.84 bits per heavy atom. The van der Waals surface area contributed by atoms with Crippen LogP contribution >= 0.6 is 0 Å². The summed E-state index contributed by atoms with van der Waals surface area (Å²) in [5.41, 5.74) is 0. The van der Waals surface area contributed by atoms with Crippen LogP contribution < -0.4 is 0 Å². The van der Waals surface area contributed by atoms with Crippen LogP contribution in [0.15, 0.2) is 0 Å². The van der Waals surface area contributed by atoms with Gasteiger partial charge in [-0.15, -0.1) is 0 Å². The molecule has 0 bridgehead atoms. The van der Waals surface area contributed by atoms with E-state index in [0.29, 0.717) is 31.6 Å². The van der Waals surface area contributed by atoms with Gasteiger partial charge in [-0.2, -0.15) is 5.26 Å². The van der Waals surface area contributed by atoms with Crippen molar-refractivity contribution >= 4 is 17.6 Å². The number of ketones is 1. The maximum Gasteiger partial charge on any atom is 0.229 e. The molecule has 0 radical (unpaired) electrons. The van der Waals surface area contributed by atoms with Crippen molar-refractivity contribution in [3.63, 3.8) is 0 Å². The van der Waals surface area contributed by atoms with Gasteiger partial charge in [-0.3, -0.25) is 19.3 Å². The number of Topliss-reactive ketones (excluding diaryl/α,β-unsaturated/α-hetero) is 1. The fourth-order valence-corrected chi connectivity index (χ4v) is 4.24. The highest BCUT2D eigenvalue weighted by Gasteiger charge is 2.39. The number of rotatable bonds is 6. The van der Waals surface area contributed by atoms with Gasteiger partial charge in [0.15, 0.2) is 0 Å². The molecular weight excluding hydrogens is 320 g/mol. The van der Waals surface area contributed by atoms with Crippen molar-refractivity contribution in [2.45, 2.75) is 64.9 Å². The zero-order valence-electron chi connectivity index (χ0n) is 15.1. The number of amides is 2. The van der Waals surface area contributed by atoms with Crippen LogP contribution in [-0.4, -0.2) is 40.3 Å². The van der Waals surface area contributed by atoms with E-state index in [0.717, 1.165) is 6.42 Å². The monoisotopic (exact) mass is 348 g/mol. The number of piperidine rings is 1. The maximum atomic E-state index is 12.4. The minimum Gasteiger partial charge on any atom is -0.392 e. The second-order valence-electron chi connectivity index (χ2n) is 7.76. The van der Waals surface area contributed by atoms with Crippen molar-refractivity contribution in [2.75, 3.05) is 6.54 Å². The van der Waals surface area contributed by atoms with E-state index in [1.807, 2.05) is 13.0 Å². The van der Waals surface area contributed by atoms with Crippen molar-refractivity contribution in [3.8, 4) is 6.07 Å². The number of carbonyl (C=O) groups is 3. The molecular formula is C19H28N2O4. The van der Waals surface area contributed by atoms with Gasteiger partial charge in [0.05, 0.1) is 12.2 Å². The van der Waals surface area contributed by atoms with Crippen LogP contribution in [0.5, 0.6) is 0 Å². The third kappa shape index (κ3) is 4.88. The lowest BCUT2D eigenvalue weighted by Gasteiger charge is -2.36. The van der Waals surface area contributed by atoms with Gasteiger partial charge in [0.2, 0.25) is 11.8 Å². The van der Waals surface area contributed by atoms with Gasteiger partial charge in [-0.05, 0) is 37.5 Å². The second kappa shape index (κ2) is 8.57. The summed E-state index contributed by atoms with van der Waals surface area (Å²) in [6, 6.07) is 2.01. The van der Waals surface area contributed by atoms with Crippen LogP contribution in [-0.2, 0) is 14.4 Å². The smallest absolute Gasteiger partial charge is 0.229 e. The molecule has 25 heavy (non-hydrogen) atoms. The van der Waals surface area contributed by atoms with Crippen molar-refractivity contribution in [2.24, 2.45) is 23.7 Å². The normalized spacial score (nSPS) is 29.6. The molecule has 1 aliphatic heterocycles. The highest BCUT2D eigenvalue weighted by molar-refractivity contribution is 5.97. The molecule has 0 aromatic rings. The number of nitriles is 1. The first-order valence-electron chi connectivity index (χ1n) is 9.25. The molecule has 0 aromatic heterocycles. The molecule has 0 spiro atoms. The zero-order chi connectivity index (χ0) is 18.6. The van der Waals surface area contributed by atoms with Crippen molar-refractivity contribution in [3.05, 3.63) is 0 Å². The average Bonchev–Trinajstić information content (AvgIpc) is 2.53. The second-order valence-corrected chi connectivity index (χ2v) is 7.76. The van der Waals surface area contributed by atoms with E-state index in [9.17, 15) is 19.5 Å². The van der Waals surface area contributed by atoms with Crippen LogP contribution in [0.1, 0.15) is 58.8 Å². The summed E-state index contributed by atoms with van der Waals surface area (Å²) >= 11 is 0. The molecule has 0 aromatic carbocycles. The minimum atomic E-state index is -0.784. The Balaban J connectivity index is 1.91. The van der Waals surface area contributed by atoms with E-state index < -0.39 is 6.10 Å². The van der Waals surface area contributed by atoms with Crippen LogP contribution in [0.2, 0.25) is 0 Å². The third-order valence-electron chi connectivity index (χ3n) is 5.50. The van der Waals surface area contributed by atoms with E-state index in [4.69, 9.17) is 5.26 Å². The van der Waals surface area contributed by atoms with Gasteiger partial charge < -0.3 is 5.11 Å². The van der Waals surface area contributed by atoms with Crippen molar-refractivity contribution < 1.29 is 19.5 Å². The molecule has 6 nitrogen and oxygen atoms in total. The van der Waals surface area contributed by atoms with Gasteiger partial charge in [-0.1, -0.05) is 13.8 Å². The van der Waals surface area contributed by atoms with Gasteiger partial charge in [0, 0.05) is 37.6 Å². The Morgan fingerprint density at radius 3 is 2.44 bits per heavy atom. The molecule has 2 amide bonds. The van der Waals surface area contributed by atoms with Gasteiger partial charge in [-0.25, -0.2) is 0 Å². The van der Waals surface area contributed by atoms with E-state index in [2.05, 4.69) is 6.92 Å². The molecule has 138 valence electrons. The van der Waals surface area contributed by atoms with Gasteiger partial charge >= 0.3 is 0 Å². The predicted molar refractivity (Wildman–Crippen MR) is 91.0 cm³/mol. The standard InChI is InChI=1S/C19H28N2O4/c1-12-7-13(2)19(25)15(8-12)16(22)9-14-10-17(23)21(18(24)11-14)6-4-3-5-20/h12-16,22H,3-4,6-11H2,1-2H3/t12-,13-,15?,16?/m0/s1. The minimum absolute atomic E-state index is 0.0337. The van der Waals surface area contributed by atoms with Crippen molar-refractivity contribution in [1.82, 2.24) is 4.90 Å². The first-order valence-corrected chi connectivity index (χ1v) is 9.25. The number of hydrogen-bond donors (Lipinski definition) is 1. The summed E-state index contributed by atoms with van der Waals surface area (Å²) < 4.78 is 0. The first kappa shape index (κ1) is 19.6. The van der Waals surface area contributed by atoms with Crippen molar-refractivity contribution in [1.29, 1.82) is 5.26 Å². The Hall–Kier alpha value is -1.74. The fourth-order valence-electron chi connectivity index (χ4n) is 4.24. The lowest BCUT2D eigenvalue weighted by atomic mass is 9.71. The highest BCUT2D eigenvalue weighted by Crippen LogP contribution is 2.35. The largest absolute Gasteiger partial charge is 0.392 e. The number of unbranched alkanes of at least 4 members (excludes halogenated alkanes) is 1. The summed E-state index contributed by atoms with van der Waals surface area (Å²) in [5.74, 6) is -0.574. The summed E-state index contributed by atoms with van der Waals surface area (Å²) in [5, 5.41) is 19.1. The number of carbonyl (C=O) groups excluding carboxylic acids is 3. The predicted octanol–water partition coefficient (Wildman–Crippen LogP) is 2.06. The number of nitrogens with zero attached hydrogens (tertiary/aromatic N) is 2. The molecule has 6 heteroatoms. The van der Waals surface area contributed by atoms with Gasteiger partial charge in [0.1, 0.15) is 5.78 Å². The van der Waals surface area contributed by atoms with E-state index >= 15 is 0 Å². The van der Waals surface area contributed by atoms with Crippen LogP contribution in [0, 0.1) is 35.0 Å². The summed E-state index contributed by atoms with van der Waals surface area (Å²) in [7, 11) is 0. The number of imide groups is 1. The molecule has 2 aliphatic rings. The van der Waals surface area contributed by atoms with E-state index in [1.165, 1.54) is 4.90 Å². The number of hydrogen-bond acceptors (Lipinski definition) is 5. The number of aliphatic hydroxyl groups excluding tert-OH is 1. The zero-order valence-corrected chi connectivity index (χ0v) is 15.1. The SMILES string of the molecule is C[C@@H]1CC(C(O)CC2CC(=O)N(CCCC#N)C(=O)C2)C(=O)[C@@H](C)C1. The Kier molecular flexibility index (Phi) is 6.71. The molecule has 2 fully saturated rings. The molecule has 1 saturated carbocycles. The third-order valence-corrected chi connectivity index (χ3v) is 5.50. The number of likely N-dealkylation sites (tertiary alicyclic amines) is 1. The van der Waals surface area contributed by atoms with Gasteiger partial charge in [0.25, 0.3) is 0 Å². The number of aliphatic hydroxyl groups is 1. The highest BCUT2D eigenvalue weighted by atomic mass is 16.3. The molecule has 1 aliphatic carbocycles. The van der Waals surface area contributed by atoms with Crippen LogP contribution in [0.3, 0.4) is 0 Å². The lowest BCUT2D eigenvalue weighted by molar-refractivity contribution is -0.150. The molecule has 2 rings (SSSR count). The van der Waals surface area contributed by atoms with E-state index in [1.54, 1.807) is 0 Å². The average molecular weight is 348 g/mol. The Morgan fingerprint density at radius 1 is 1.20 bits per heavy atom. The summed E-state index contributed by atoms with van der Waals surface area (Å²) in [6.07, 6.45) is 2.34. The summed E-state index contributed by atoms with van der Waals surface area (Å²) in [6.45, 7) is 4.29. The topological polar surface area (TPSA) is 98.5 Å².